The molecule has 0 N–H and O–H groups in total. The molecule has 1 aromatic heterocycles. The van der Waals surface area contributed by atoms with Gasteiger partial charge in [-0.05, 0) is 42.8 Å². The standard InChI is InChI=1S/C17H14FN3O3/c1-12-5-6-16(21(22)23)17(9-12)24-11-14-7-8-20(19-14)15-4-2-3-13(18)10-15/h2-10H,11H2,1H3. The smallest absolute Gasteiger partial charge is 0.310 e. The van der Waals surface area contributed by atoms with Gasteiger partial charge in [-0.25, -0.2) is 9.07 Å². The number of ether oxygens (including phenoxy) is 1. The van der Waals surface area contributed by atoms with Crippen molar-refractivity contribution in [2.24, 2.45) is 0 Å². The van der Waals surface area contributed by atoms with Crippen LogP contribution in [0, 0.1) is 22.9 Å². The second-order valence-corrected chi connectivity index (χ2v) is 5.25. The second kappa shape index (κ2) is 6.49. The molecule has 122 valence electrons. The molecule has 0 aliphatic heterocycles. The third-order valence-corrected chi connectivity index (χ3v) is 3.40. The maximum absolute atomic E-state index is 13.3. The zero-order chi connectivity index (χ0) is 17.1. The van der Waals surface area contributed by atoms with E-state index >= 15 is 0 Å². The van der Waals surface area contributed by atoms with Crippen LogP contribution in [-0.2, 0) is 6.61 Å². The van der Waals surface area contributed by atoms with Crippen LogP contribution in [0.15, 0.2) is 54.7 Å². The van der Waals surface area contributed by atoms with Crippen molar-refractivity contribution < 1.29 is 14.1 Å². The largest absolute Gasteiger partial charge is 0.480 e. The average Bonchev–Trinajstić information content (AvgIpc) is 3.01. The molecule has 24 heavy (non-hydrogen) atoms. The molecule has 1 heterocycles. The van der Waals surface area contributed by atoms with E-state index in [1.807, 2.05) is 6.92 Å². The van der Waals surface area contributed by atoms with Crippen molar-refractivity contribution in [3.05, 3.63) is 81.9 Å². The minimum Gasteiger partial charge on any atom is -0.480 e. The highest BCUT2D eigenvalue weighted by atomic mass is 19.1. The first-order valence-electron chi connectivity index (χ1n) is 7.21. The van der Waals surface area contributed by atoms with Gasteiger partial charge in [-0.3, -0.25) is 10.1 Å². The molecule has 3 aromatic rings. The molecular formula is C17H14FN3O3. The summed E-state index contributed by atoms with van der Waals surface area (Å²) >= 11 is 0. The van der Waals surface area contributed by atoms with Crippen LogP contribution < -0.4 is 4.74 Å². The van der Waals surface area contributed by atoms with Crippen LogP contribution in [0.3, 0.4) is 0 Å². The van der Waals surface area contributed by atoms with Gasteiger partial charge in [-0.1, -0.05) is 12.1 Å². The van der Waals surface area contributed by atoms with Crippen LogP contribution in [0.25, 0.3) is 5.69 Å². The van der Waals surface area contributed by atoms with E-state index in [1.54, 1.807) is 36.5 Å². The summed E-state index contributed by atoms with van der Waals surface area (Å²) in [5, 5.41) is 15.3. The number of hydrogen-bond donors (Lipinski definition) is 0. The Labute approximate surface area is 137 Å². The Morgan fingerprint density at radius 2 is 2.08 bits per heavy atom. The minimum atomic E-state index is -0.486. The number of aromatic nitrogens is 2. The summed E-state index contributed by atoms with van der Waals surface area (Å²) in [7, 11) is 0. The Hall–Kier alpha value is -3.22. The third-order valence-electron chi connectivity index (χ3n) is 3.40. The number of halogens is 1. The van der Waals surface area contributed by atoms with Crippen molar-refractivity contribution in [1.29, 1.82) is 0 Å². The van der Waals surface area contributed by atoms with Gasteiger partial charge in [0.1, 0.15) is 18.1 Å². The van der Waals surface area contributed by atoms with Crippen molar-refractivity contribution >= 4 is 5.69 Å². The Kier molecular flexibility index (Phi) is 4.24. The number of hydrogen-bond acceptors (Lipinski definition) is 4. The van der Waals surface area contributed by atoms with Gasteiger partial charge >= 0.3 is 5.69 Å². The van der Waals surface area contributed by atoms with Crippen LogP contribution in [0.5, 0.6) is 5.75 Å². The van der Waals surface area contributed by atoms with Crippen molar-refractivity contribution in [2.75, 3.05) is 0 Å². The van der Waals surface area contributed by atoms with Gasteiger partial charge in [0.05, 0.1) is 10.6 Å². The van der Waals surface area contributed by atoms with Gasteiger partial charge < -0.3 is 4.74 Å². The van der Waals surface area contributed by atoms with E-state index in [0.717, 1.165) is 5.56 Å². The summed E-state index contributed by atoms with van der Waals surface area (Å²) in [5.41, 5.74) is 1.93. The molecule has 0 radical (unpaired) electrons. The summed E-state index contributed by atoms with van der Waals surface area (Å²) in [6, 6.07) is 12.4. The SMILES string of the molecule is Cc1ccc([N+](=O)[O-])c(OCc2ccn(-c3cccc(F)c3)n2)c1. The molecule has 0 spiro atoms. The predicted molar refractivity (Wildman–Crippen MR) is 85.7 cm³/mol. The molecule has 0 saturated carbocycles. The molecule has 6 nitrogen and oxygen atoms in total. The van der Waals surface area contributed by atoms with Crippen LogP contribution in [0.1, 0.15) is 11.3 Å². The van der Waals surface area contributed by atoms with Gasteiger partial charge in [0, 0.05) is 12.3 Å². The van der Waals surface area contributed by atoms with E-state index in [9.17, 15) is 14.5 Å². The molecule has 0 aliphatic rings. The molecule has 0 unspecified atom stereocenters. The number of nitro benzene ring substituents is 1. The predicted octanol–water partition coefficient (Wildman–Crippen LogP) is 3.81. The first-order valence-corrected chi connectivity index (χ1v) is 7.21. The van der Waals surface area contributed by atoms with Crippen LogP contribution >= 0.6 is 0 Å². The van der Waals surface area contributed by atoms with Gasteiger partial charge in [-0.2, -0.15) is 5.10 Å². The summed E-state index contributed by atoms with van der Waals surface area (Å²) in [6.07, 6.45) is 1.68. The number of aryl methyl sites for hydroxylation is 1. The summed E-state index contributed by atoms with van der Waals surface area (Å²) in [5.74, 6) is -0.156. The van der Waals surface area contributed by atoms with E-state index in [4.69, 9.17) is 4.74 Å². The van der Waals surface area contributed by atoms with E-state index in [0.29, 0.717) is 11.4 Å². The number of rotatable bonds is 5. The third kappa shape index (κ3) is 3.40. The topological polar surface area (TPSA) is 70.2 Å². The number of nitro groups is 1. The molecule has 7 heteroatoms. The highest BCUT2D eigenvalue weighted by molar-refractivity contribution is 5.48. The average molecular weight is 327 g/mol. The Morgan fingerprint density at radius 3 is 2.83 bits per heavy atom. The lowest BCUT2D eigenvalue weighted by Gasteiger charge is -2.06. The van der Waals surface area contributed by atoms with Crippen LogP contribution in [0.4, 0.5) is 10.1 Å². The molecule has 0 aliphatic carbocycles. The first kappa shape index (κ1) is 15.7. The zero-order valence-corrected chi connectivity index (χ0v) is 12.8. The fourth-order valence-electron chi connectivity index (χ4n) is 2.24. The van der Waals surface area contributed by atoms with Crippen LogP contribution in [0.2, 0.25) is 0 Å². The molecule has 0 bridgehead atoms. The number of benzene rings is 2. The lowest BCUT2D eigenvalue weighted by molar-refractivity contribution is -0.386. The monoisotopic (exact) mass is 327 g/mol. The van der Waals surface area contributed by atoms with E-state index in [-0.39, 0.29) is 23.9 Å². The van der Waals surface area contributed by atoms with Gasteiger partial charge in [0.15, 0.2) is 5.75 Å². The number of nitrogens with zero attached hydrogens (tertiary/aromatic N) is 3. The van der Waals surface area contributed by atoms with E-state index in [1.165, 1.54) is 22.9 Å². The normalized spacial score (nSPS) is 10.6. The summed E-state index contributed by atoms with van der Waals surface area (Å²) < 4.78 is 20.3. The summed E-state index contributed by atoms with van der Waals surface area (Å²) in [6.45, 7) is 1.90. The van der Waals surface area contributed by atoms with Gasteiger partial charge in [-0.15, -0.1) is 0 Å². The Balaban J connectivity index is 1.77. The van der Waals surface area contributed by atoms with Gasteiger partial charge in [0.25, 0.3) is 0 Å². The highest BCUT2D eigenvalue weighted by Crippen LogP contribution is 2.28. The summed E-state index contributed by atoms with van der Waals surface area (Å²) in [4.78, 5) is 10.5. The van der Waals surface area contributed by atoms with E-state index in [2.05, 4.69) is 5.10 Å². The van der Waals surface area contributed by atoms with Crippen molar-refractivity contribution in [2.45, 2.75) is 13.5 Å². The molecule has 0 atom stereocenters. The Morgan fingerprint density at radius 1 is 1.25 bits per heavy atom. The zero-order valence-electron chi connectivity index (χ0n) is 12.8. The molecule has 3 rings (SSSR count). The molecule has 0 saturated heterocycles. The Bertz CT molecular complexity index is 892. The highest BCUT2D eigenvalue weighted by Gasteiger charge is 2.15. The lowest BCUT2D eigenvalue weighted by Crippen LogP contribution is -2.02. The first-order chi connectivity index (χ1) is 11.5. The molecular weight excluding hydrogens is 313 g/mol. The maximum Gasteiger partial charge on any atom is 0.310 e. The van der Waals surface area contributed by atoms with Crippen LogP contribution in [-0.4, -0.2) is 14.7 Å². The van der Waals surface area contributed by atoms with Crippen molar-refractivity contribution in [3.8, 4) is 11.4 Å². The fraction of sp³-hybridized carbons (Fsp3) is 0.118. The molecule has 0 fully saturated rings. The second-order valence-electron chi connectivity index (χ2n) is 5.25. The van der Waals surface area contributed by atoms with Gasteiger partial charge in [0.2, 0.25) is 0 Å². The maximum atomic E-state index is 13.3. The quantitative estimate of drug-likeness (QED) is 0.528. The van der Waals surface area contributed by atoms with Crippen molar-refractivity contribution in [1.82, 2.24) is 9.78 Å². The van der Waals surface area contributed by atoms with Crippen molar-refractivity contribution in [3.63, 3.8) is 0 Å². The molecule has 2 aromatic carbocycles. The molecule has 0 amide bonds. The lowest BCUT2D eigenvalue weighted by atomic mass is 10.2. The fourth-order valence-corrected chi connectivity index (χ4v) is 2.24. The minimum absolute atomic E-state index is 0.0760. The van der Waals surface area contributed by atoms with E-state index < -0.39 is 4.92 Å².